The summed E-state index contributed by atoms with van der Waals surface area (Å²) in [4.78, 5) is 7.88. The van der Waals surface area contributed by atoms with Gasteiger partial charge in [-0.05, 0) is 63.6 Å². The molecule has 0 aliphatic carbocycles. The second kappa shape index (κ2) is 14.2. The SMILES string of the molecule is C=N/C=N\C(=C/CCC(CCO)CCNC)NCC(O)c1ccccc1. The van der Waals surface area contributed by atoms with Gasteiger partial charge in [-0.25, -0.2) is 4.99 Å². The van der Waals surface area contributed by atoms with E-state index >= 15 is 0 Å². The van der Waals surface area contributed by atoms with Crippen LogP contribution in [0, 0.1) is 5.92 Å². The Morgan fingerprint density at radius 3 is 2.65 bits per heavy atom. The first-order valence-corrected chi connectivity index (χ1v) is 9.12. The van der Waals surface area contributed by atoms with Crippen LogP contribution < -0.4 is 10.6 Å². The molecule has 0 amide bonds. The third-order valence-electron chi connectivity index (χ3n) is 4.19. The lowest BCUT2D eigenvalue weighted by Gasteiger charge is -2.15. The highest BCUT2D eigenvalue weighted by molar-refractivity contribution is 5.63. The lowest BCUT2D eigenvalue weighted by atomic mass is 9.96. The van der Waals surface area contributed by atoms with Gasteiger partial charge in [-0.3, -0.25) is 4.99 Å². The molecule has 0 aromatic heterocycles. The molecule has 0 spiro atoms. The molecule has 0 saturated carbocycles. The number of hydrogen-bond donors (Lipinski definition) is 4. The third kappa shape index (κ3) is 9.46. The molecule has 0 aliphatic heterocycles. The number of nitrogens with zero attached hydrogens (tertiary/aromatic N) is 2. The summed E-state index contributed by atoms with van der Waals surface area (Å²) in [6.45, 7) is 4.93. The van der Waals surface area contributed by atoms with Crippen molar-refractivity contribution in [1.29, 1.82) is 0 Å². The zero-order valence-corrected chi connectivity index (χ0v) is 15.6. The van der Waals surface area contributed by atoms with E-state index in [4.69, 9.17) is 0 Å². The second-order valence-corrected chi connectivity index (χ2v) is 6.17. The lowest BCUT2D eigenvalue weighted by molar-refractivity contribution is 0.178. The second-order valence-electron chi connectivity index (χ2n) is 6.17. The number of benzene rings is 1. The van der Waals surface area contributed by atoms with E-state index in [2.05, 4.69) is 27.3 Å². The van der Waals surface area contributed by atoms with Crippen molar-refractivity contribution in [3.05, 3.63) is 47.8 Å². The van der Waals surface area contributed by atoms with E-state index in [9.17, 15) is 10.2 Å². The first-order chi connectivity index (χ1) is 12.7. The predicted octanol–water partition coefficient (Wildman–Crippen LogP) is 2.27. The highest BCUT2D eigenvalue weighted by Crippen LogP contribution is 2.16. The number of allylic oxidation sites excluding steroid dienone is 1. The van der Waals surface area contributed by atoms with E-state index in [1.807, 2.05) is 43.5 Å². The summed E-state index contributed by atoms with van der Waals surface area (Å²) < 4.78 is 0. The predicted molar refractivity (Wildman–Crippen MR) is 108 cm³/mol. The summed E-state index contributed by atoms with van der Waals surface area (Å²) in [5.41, 5.74) is 0.861. The van der Waals surface area contributed by atoms with Crippen molar-refractivity contribution in [2.24, 2.45) is 15.9 Å². The van der Waals surface area contributed by atoms with Gasteiger partial charge in [0.1, 0.15) is 12.2 Å². The summed E-state index contributed by atoms with van der Waals surface area (Å²) in [6.07, 6.45) is 6.45. The summed E-state index contributed by atoms with van der Waals surface area (Å²) in [7, 11) is 1.94. The van der Waals surface area contributed by atoms with E-state index in [1.165, 1.54) is 6.34 Å². The molecule has 4 N–H and O–H groups in total. The van der Waals surface area contributed by atoms with Crippen LogP contribution in [0.25, 0.3) is 0 Å². The van der Waals surface area contributed by atoms with Gasteiger partial charge in [0.2, 0.25) is 0 Å². The van der Waals surface area contributed by atoms with Crippen molar-refractivity contribution >= 4 is 13.1 Å². The van der Waals surface area contributed by atoms with Gasteiger partial charge in [0.15, 0.2) is 0 Å². The fourth-order valence-corrected chi connectivity index (χ4v) is 2.69. The van der Waals surface area contributed by atoms with Crippen LogP contribution in [0.1, 0.15) is 37.4 Å². The average molecular weight is 361 g/mol. The molecule has 0 radical (unpaired) electrons. The zero-order chi connectivity index (χ0) is 19.0. The maximum absolute atomic E-state index is 10.3. The van der Waals surface area contributed by atoms with E-state index in [1.54, 1.807) is 0 Å². The Kier molecular flexibility index (Phi) is 12.0. The van der Waals surface area contributed by atoms with Crippen LogP contribution in [0.3, 0.4) is 0 Å². The van der Waals surface area contributed by atoms with Crippen molar-refractivity contribution in [2.75, 3.05) is 26.7 Å². The van der Waals surface area contributed by atoms with Crippen LogP contribution in [-0.2, 0) is 0 Å². The molecule has 6 nitrogen and oxygen atoms in total. The van der Waals surface area contributed by atoms with Gasteiger partial charge in [0, 0.05) is 13.2 Å². The van der Waals surface area contributed by atoms with Crippen molar-refractivity contribution in [3.63, 3.8) is 0 Å². The fraction of sp³-hybridized carbons (Fsp3) is 0.500. The minimum absolute atomic E-state index is 0.213. The molecule has 26 heavy (non-hydrogen) atoms. The Balaban J connectivity index is 2.57. The Morgan fingerprint density at radius 1 is 1.23 bits per heavy atom. The highest BCUT2D eigenvalue weighted by atomic mass is 16.3. The summed E-state index contributed by atoms with van der Waals surface area (Å²) in [6, 6.07) is 9.52. The Morgan fingerprint density at radius 2 is 2.00 bits per heavy atom. The quantitative estimate of drug-likeness (QED) is 0.303. The largest absolute Gasteiger partial charge is 0.396 e. The van der Waals surface area contributed by atoms with Crippen LogP contribution >= 0.6 is 0 Å². The minimum Gasteiger partial charge on any atom is -0.396 e. The molecule has 0 saturated heterocycles. The Labute approximate surface area is 156 Å². The third-order valence-corrected chi connectivity index (χ3v) is 4.19. The number of aliphatic imine (C=N–C) groups is 2. The van der Waals surface area contributed by atoms with Gasteiger partial charge < -0.3 is 20.8 Å². The highest BCUT2D eigenvalue weighted by Gasteiger charge is 2.09. The molecule has 2 atom stereocenters. The summed E-state index contributed by atoms with van der Waals surface area (Å²) >= 11 is 0. The van der Waals surface area contributed by atoms with Gasteiger partial charge >= 0.3 is 0 Å². The average Bonchev–Trinajstić information content (AvgIpc) is 2.68. The van der Waals surface area contributed by atoms with Crippen LogP contribution in [0.2, 0.25) is 0 Å². The van der Waals surface area contributed by atoms with Crippen LogP contribution in [0.5, 0.6) is 0 Å². The summed E-state index contributed by atoms with van der Waals surface area (Å²) in [5.74, 6) is 1.14. The smallest absolute Gasteiger partial charge is 0.123 e. The standard InChI is InChI=1S/C20H32N4O2/c1-21-13-11-17(12-14-25)7-6-10-20(24-16-22-2)23-15-19(26)18-8-4-3-5-9-18/h3-5,8-10,16-17,19,21,23,25-26H,2,6-7,11-15H2,1H3/b20-10-,24-16-. The van der Waals surface area contributed by atoms with Crippen LogP contribution in [0.4, 0.5) is 0 Å². The Bertz CT molecular complexity index is 546. The Hall–Kier alpha value is -2.02. The molecule has 1 aromatic carbocycles. The number of rotatable bonds is 14. The van der Waals surface area contributed by atoms with Crippen molar-refractivity contribution < 1.29 is 10.2 Å². The molecule has 0 aliphatic rings. The number of nitrogens with one attached hydrogen (secondary N) is 2. The normalized spacial score (nSPS) is 14.3. The van der Waals surface area contributed by atoms with Crippen molar-refractivity contribution in [3.8, 4) is 0 Å². The van der Waals surface area contributed by atoms with Crippen molar-refractivity contribution in [1.82, 2.24) is 10.6 Å². The molecule has 1 aromatic rings. The van der Waals surface area contributed by atoms with Gasteiger partial charge in [-0.2, -0.15) is 0 Å². The minimum atomic E-state index is -0.607. The molecular formula is C20H32N4O2. The van der Waals surface area contributed by atoms with Gasteiger partial charge in [0.05, 0.1) is 6.10 Å². The van der Waals surface area contributed by atoms with E-state index in [0.717, 1.165) is 37.8 Å². The first kappa shape index (κ1) is 22.0. The maximum Gasteiger partial charge on any atom is 0.123 e. The monoisotopic (exact) mass is 360 g/mol. The summed E-state index contributed by atoms with van der Waals surface area (Å²) in [5, 5.41) is 25.8. The molecule has 0 heterocycles. The van der Waals surface area contributed by atoms with Gasteiger partial charge in [-0.1, -0.05) is 30.3 Å². The first-order valence-electron chi connectivity index (χ1n) is 9.12. The molecule has 0 bridgehead atoms. The topological polar surface area (TPSA) is 89.2 Å². The van der Waals surface area contributed by atoms with Gasteiger partial charge in [-0.15, -0.1) is 0 Å². The van der Waals surface area contributed by atoms with Crippen LogP contribution in [-0.4, -0.2) is 50.0 Å². The lowest BCUT2D eigenvalue weighted by Crippen LogP contribution is -2.20. The number of hydrogen-bond acceptors (Lipinski definition) is 5. The number of aliphatic hydroxyl groups is 2. The van der Waals surface area contributed by atoms with E-state index in [0.29, 0.717) is 18.3 Å². The fourth-order valence-electron chi connectivity index (χ4n) is 2.69. The molecular weight excluding hydrogens is 328 g/mol. The molecule has 2 unspecified atom stereocenters. The molecule has 1 rings (SSSR count). The van der Waals surface area contributed by atoms with E-state index in [-0.39, 0.29) is 6.61 Å². The molecule has 6 heteroatoms. The molecule has 0 fully saturated rings. The molecule has 144 valence electrons. The number of aliphatic hydroxyl groups excluding tert-OH is 2. The zero-order valence-electron chi connectivity index (χ0n) is 15.6. The maximum atomic E-state index is 10.3. The van der Waals surface area contributed by atoms with Crippen molar-refractivity contribution in [2.45, 2.75) is 31.8 Å². The van der Waals surface area contributed by atoms with Gasteiger partial charge in [0.25, 0.3) is 0 Å². The van der Waals surface area contributed by atoms with E-state index < -0.39 is 6.10 Å². The van der Waals surface area contributed by atoms with Crippen LogP contribution in [0.15, 0.2) is 52.2 Å².